The van der Waals surface area contributed by atoms with Crippen molar-refractivity contribution >= 4 is 29.0 Å². The van der Waals surface area contributed by atoms with E-state index in [4.69, 9.17) is 28.3 Å². The summed E-state index contributed by atoms with van der Waals surface area (Å²) in [7, 11) is 0. The lowest BCUT2D eigenvalue weighted by atomic mass is 10.3. The van der Waals surface area contributed by atoms with Gasteiger partial charge >= 0.3 is 0 Å². The summed E-state index contributed by atoms with van der Waals surface area (Å²) in [6.07, 6.45) is 2.15. The Morgan fingerprint density at radius 3 is 2.69 bits per heavy atom. The molecule has 6 heteroatoms. The van der Waals surface area contributed by atoms with E-state index in [0.29, 0.717) is 23.8 Å². The van der Waals surface area contributed by atoms with Gasteiger partial charge in [-0.05, 0) is 31.9 Å². The van der Waals surface area contributed by atoms with E-state index in [1.165, 1.54) is 6.20 Å². The van der Waals surface area contributed by atoms with Crippen molar-refractivity contribution in [2.45, 2.75) is 26.3 Å². The van der Waals surface area contributed by atoms with Crippen LogP contribution in [0.2, 0.25) is 10.3 Å². The van der Waals surface area contributed by atoms with Crippen LogP contribution in [0.15, 0.2) is 6.20 Å². The number of aromatic nitrogens is 2. The van der Waals surface area contributed by atoms with Crippen LogP contribution in [0, 0.1) is 0 Å². The van der Waals surface area contributed by atoms with E-state index in [9.17, 15) is 0 Å². The first kappa shape index (κ1) is 13.5. The zero-order chi connectivity index (χ0) is 12.1. The molecule has 0 atom stereocenters. The molecule has 0 saturated heterocycles. The fourth-order valence-corrected chi connectivity index (χ4v) is 1.72. The topological polar surface area (TPSA) is 49.2 Å². The molecular formula is C10H15Cl2N3O. The standard InChI is InChI=1S/C10H15Cl2N3O/c1-7(2)15(4-3-5-16)9-8(11)6-13-10(12)14-9/h6-7,16H,3-5H2,1-2H3. The number of aliphatic hydroxyl groups excluding tert-OH is 1. The zero-order valence-corrected chi connectivity index (χ0v) is 10.8. The van der Waals surface area contributed by atoms with Gasteiger partial charge in [-0.1, -0.05) is 11.6 Å². The minimum Gasteiger partial charge on any atom is -0.396 e. The summed E-state index contributed by atoms with van der Waals surface area (Å²) in [5.41, 5.74) is 0. The maximum absolute atomic E-state index is 8.85. The average Bonchev–Trinajstić information content (AvgIpc) is 2.23. The fraction of sp³-hybridized carbons (Fsp3) is 0.600. The van der Waals surface area contributed by atoms with Crippen molar-refractivity contribution < 1.29 is 5.11 Å². The van der Waals surface area contributed by atoms with Gasteiger partial charge in [0.1, 0.15) is 5.02 Å². The van der Waals surface area contributed by atoms with Crippen LogP contribution in [0.5, 0.6) is 0 Å². The highest BCUT2D eigenvalue weighted by molar-refractivity contribution is 6.33. The summed E-state index contributed by atoms with van der Waals surface area (Å²) < 4.78 is 0. The smallest absolute Gasteiger partial charge is 0.224 e. The summed E-state index contributed by atoms with van der Waals surface area (Å²) in [6, 6.07) is 0.231. The number of nitrogens with zero attached hydrogens (tertiary/aromatic N) is 3. The number of hydrogen-bond donors (Lipinski definition) is 1. The van der Waals surface area contributed by atoms with Crippen LogP contribution in [0.3, 0.4) is 0 Å². The maximum atomic E-state index is 8.85. The number of aliphatic hydroxyl groups is 1. The third kappa shape index (κ3) is 3.47. The molecule has 0 aliphatic heterocycles. The van der Waals surface area contributed by atoms with Crippen LogP contribution < -0.4 is 4.90 Å². The van der Waals surface area contributed by atoms with Gasteiger partial charge in [0.25, 0.3) is 0 Å². The molecule has 0 spiro atoms. The van der Waals surface area contributed by atoms with Gasteiger partial charge in [0.2, 0.25) is 5.28 Å². The Morgan fingerprint density at radius 2 is 2.12 bits per heavy atom. The van der Waals surface area contributed by atoms with E-state index in [1.807, 2.05) is 18.7 Å². The van der Waals surface area contributed by atoms with Crippen molar-refractivity contribution in [3.63, 3.8) is 0 Å². The normalized spacial score (nSPS) is 10.9. The molecule has 1 aromatic heterocycles. The van der Waals surface area contributed by atoms with Crippen molar-refractivity contribution in [3.05, 3.63) is 16.5 Å². The summed E-state index contributed by atoms with van der Waals surface area (Å²) in [5, 5.41) is 9.49. The highest BCUT2D eigenvalue weighted by Crippen LogP contribution is 2.25. The number of hydrogen-bond acceptors (Lipinski definition) is 4. The first-order valence-electron chi connectivity index (χ1n) is 5.11. The highest BCUT2D eigenvalue weighted by atomic mass is 35.5. The molecule has 0 amide bonds. The van der Waals surface area contributed by atoms with Gasteiger partial charge < -0.3 is 10.0 Å². The van der Waals surface area contributed by atoms with Crippen molar-refractivity contribution in [3.8, 4) is 0 Å². The quantitative estimate of drug-likeness (QED) is 0.829. The molecule has 1 heterocycles. The first-order valence-corrected chi connectivity index (χ1v) is 5.87. The fourth-order valence-electron chi connectivity index (χ4n) is 1.39. The van der Waals surface area contributed by atoms with E-state index in [0.717, 1.165) is 0 Å². The van der Waals surface area contributed by atoms with Crippen LogP contribution in [0.25, 0.3) is 0 Å². The lowest BCUT2D eigenvalue weighted by Gasteiger charge is -2.28. The van der Waals surface area contributed by atoms with Gasteiger partial charge in [-0.2, -0.15) is 4.98 Å². The highest BCUT2D eigenvalue weighted by Gasteiger charge is 2.15. The predicted molar refractivity (Wildman–Crippen MR) is 66.2 cm³/mol. The molecule has 0 fully saturated rings. The summed E-state index contributed by atoms with van der Waals surface area (Å²) in [5.74, 6) is 0.616. The van der Waals surface area contributed by atoms with Gasteiger partial charge in [0, 0.05) is 19.2 Å². The van der Waals surface area contributed by atoms with Gasteiger partial charge in [-0.15, -0.1) is 0 Å². The molecule has 0 aliphatic rings. The molecule has 0 aliphatic carbocycles. The predicted octanol–water partition coefficient (Wildman–Crippen LogP) is 2.38. The second-order valence-corrected chi connectivity index (χ2v) is 4.42. The summed E-state index contributed by atoms with van der Waals surface area (Å²) in [6.45, 7) is 4.88. The molecule has 0 unspecified atom stereocenters. The molecule has 4 nitrogen and oxygen atoms in total. The van der Waals surface area contributed by atoms with Gasteiger partial charge in [0.15, 0.2) is 5.82 Å². The Bertz CT molecular complexity index is 347. The Morgan fingerprint density at radius 1 is 1.44 bits per heavy atom. The lowest BCUT2D eigenvalue weighted by molar-refractivity contribution is 0.288. The molecule has 0 aromatic carbocycles. The maximum Gasteiger partial charge on any atom is 0.224 e. The Labute approximate surface area is 105 Å². The van der Waals surface area contributed by atoms with Crippen LogP contribution in [-0.2, 0) is 0 Å². The van der Waals surface area contributed by atoms with E-state index < -0.39 is 0 Å². The van der Waals surface area contributed by atoms with E-state index in [1.54, 1.807) is 0 Å². The minimum absolute atomic E-state index is 0.139. The molecule has 16 heavy (non-hydrogen) atoms. The van der Waals surface area contributed by atoms with E-state index in [-0.39, 0.29) is 17.9 Å². The third-order valence-corrected chi connectivity index (χ3v) is 2.60. The van der Waals surface area contributed by atoms with Gasteiger partial charge in [-0.3, -0.25) is 0 Å². The van der Waals surface area contributed by atoms with Crippen molar-refractivity contribution in [2.24, 2.45) is 0 Å². The van der Waals surface area contributed by atoms with Crippen LogP contribution in [-0.4, -0.2) is 34.3 Å². The average molecular weight is 264 g/mol. The second-order valence-electron chi connectivity index (χ2n) is 3.67. The van der Waals surface area contributed by atoms with Crippen molar-refractivity contribution in [1.29, 1.82) is 0 Å². The largest absolute Gasteiger partial charge is 0.396 e. The molecule has 0 bridgehead atoms. The van der Waals surface area contributed by atoms with Crippen LogP contribution in [0.1, 0.15) is 20.3 Å². The molecule has 90 valence electrons. The molecule has 1 N–H and O–H groups in total. The summed E-state index contributed by atoms with van der Waals surface area (Å²) >= 11 is 11.8. The lowest BCUT2D eigenvalue weighted by Crippen LogP contribution is -2.33. The monoisotopic (exact) mass is 263 g/mol. The molecule has 1 rings (SSSR count). The van der Waals surface area contributed by atoms with Gasteiger partial charge in [-0.25, -0.2) is 4.98 Å². The SMILES string of the molecule is CC(C)N(CCCO)c1nc(Cl)ncc1Cl. The first-order chi connectivity index (χ1) is 7.56. The minimum atomic E-state index is 0.139. The number of anilines is 1. The number of halogens is 2. The third-order valence-electron chi connectivity index (χ3n) is 2.15. The zero-order valence-electron chi connectivity index (χ0n) is 9.32. The van der Waals surface area contributed by atoms with Crippen molar-refractivity contribution in [2.75, 3.05) is 18.1 Å². The van der Waals surface area contributed by atoms with Crippen LogP contribution in [0.4, 0.5) is 5.82 Å². The second kappa shape index (κ2) is 6.23. The molecule has 0 saturated carbocycles. The molecule has 1 aromatic rings. The number of rotatable bonds is 5. The Kier molecular flexibility index (Phi) is 5.25. The van der Waals surface area contributed by atoms with Crippen LogP contribution >= 0.6 is 23.2 Å². The molecular weight excluding hydrogens is 249 g/mol. The summed E-state index contributed by atoms with van der Waals surface area (Å²) in [4.78, 5) is 9.91. The Hall–Kier alpha value is -0.580. The van der Waals surface area contributed by atoms with Crippen molar-refractivity contribution in [1.82, 2.24) is 9.97 Å². The van der Waals surface area contributed by atoms with E-state index in [2.05, 4.69) is 9.97 Å². The molecule has 0 radical (unpaired) electrons. The van der Waals surface area contributed by atoms with E-state index >= 15 is 0 Å². The van der Waals surface area contributed by atoms with Gasteiger partial charge in [0.05, 0.1) is 6.20 Å². The Balaban J connectivity index is 2.95.